The molecular weight excluding hydrogens is 396 g/mol. The van der Waals surface area contributed by atoms with Crippen molar-refractivity contribution in [2.75, 3.05) is 31.5 Å². The van der Waals surface area contributed by atoms with Crippen molar-refractivity contribution >= 4 is 22.4 Å². The number of aromatic nitrogens is 2. The van der Waals surface area contributed by atoms with E-state index >= 15 is 0 Å². The number of hydrogen-bond donors (Lipinski definition) is 1. The fourth-order valence-corrected chi connectivity index (χ4v) is 4.84. The molecule has 0 bridgehead atoms. The van der Waals surface area contributed by atoms with Gasteiger partial charge in [0.1, 0.15) is 16.5 Å². The first kappa shape index (κ1) is 20.2. The van der Waals surface area contributed by atoms with E-state index in [1.165, 1.54) is 43.7 Å². The number of hydrogen-bond acceptors (Lipinski definition) is 6. The molecule has 2 aliphatic heterocycles. The maximum absolute atomic E-state index is 13.7. The molecule has 1 N–H and O–H groups in total. The average Bonchev–Trinajstić information content (AvgIpc) is 3.22. The maximum Gasteiger partial charge on any atom is 0.265 e. The number of rotatable bonds is 5. The number of amides is 1. The molecule has 0 aliphatic carbocycles. The highest BCUT2D eigenvalue weighted by Gasteiger charge is 2.28. The number of nitrogens with one attached hydrogen (secondary N) is 1. The molecule has 2 aromatic heterocycles. The van der Waals surface area contributed by atoms with Crippen molar-refractivity contribution in [2.24, 2.45) is 0 Å². The Hall–Kier alpha value is -2.13. The standard InChI is InChI=1S/C20H25F2N5OS/c21-14-10-16(22)17(23-11-14)12-24-20-25-13-18(29-20)19(28)27-8-4-15(5-9-27)26-6-2-1-3-7-26/h10-11,13,15H,1-9,12H2,(H,24,25). The average molecular weight is 422 g/mol. The molecule has 4 rings (SSSR count). The lowest BCUT2D eigenvalue weighted by atomic mass is 10.00. The Morgan fingerprint density at radius 2 is 1.86 bits per heavy atom. The van der Waals surface area contributed by atoms with Crippen LogP contribution in [0.2, 0.25) is 0 Å². The summed E-state index contributed by atoms with van der Waals surface area (Å²) in [5.41, 5.74) is 0.106. The van der Waals surface area contributed by atoms with Crippen LogP contribution in [-0.4, -0.2) is 57.9 Å². The van der Waals surface area contributed by atoms with Crippen molar-refractivity contribution in [1.29, 1.82) is 0 Å². The van der Waals surface area contributed by atoms with Gasteiger partial charge in [-0.25, -0.2) is 13.8 Å². The summed E-state index contributed by atoms with van der Waals surface area (Å²) >= 11 is 1.24. The van der Waals surface area contributed by atoms with Crippen LogP contribution >= 0.6 is 11.3 Å². The molecule has 4 heterocycles. The van der Waals surface area contributed by atoms with Crippen LogP contribution in [0, 0.1) is 11.6 Å². The first-order chi connectivity index (χ1) is 14.1. The lowest BCUT2D eigenvalue weighted by Gasteiger charge is -2.40. The summed E-state index contributed by atoms with van der Waals surface area (Å²) in [6.45, 7) is 3.99. The van der Waals surface area contributed by atoms with Crippen molar-refractivity contribution in [2.45, 2.75) is 44.7 Å². The minimum absolute atomic E-state index is 0.00117. The third kappa shape index (κ3) is 4.90. The summed E-state index contributed by atoms with van der Waals surface area (Å²) in [4.78, 5) is 25.8. The van der Waals surface area contributed by atoms with E-state index in [1.54, 1.807) is 6.20 Å². The molecule has 9 heteroatoms. The first-order valence-corrected chi connectivity index (χ1v) is 10.9. The molecule has 0 spiro atoms. The Balaban J connectivity index is 1.29. The number of nitrogens with zero attached hydrogens (tertiary/aromatic N) is 4. The molecule has 0 aromatic carbocycles. The Labute approximate surface area is 172 Å². The number of likely N-dealkylation sites (tertiary alicyclic amines) is 2. The van der Waals surface area contributed by atoms with Crippen LogP contribution in [-0.2, 0) is 6.54 Å². The second-order valence-electron chi connectivity index (χ2n) is 7.59. The lowest BCUT2D eigenvalue weighted by molar-refractivity contribution is 0.0594. The number of carbonyl (C=O) groups excluding carboxylic acids is 1. The van der Waals surface area contributed by atoms with Gasteiger partial charge in [-0.2, -0.15) is 0 Å². The van der Waals surface area contributed by atoms with E-state index in [2.05, 4.69) is 20.2 Å². The molecule has 2 aromatic rings. The Morgan fingerprint density at radius 3 is 2.59 bits per heavy atom. The van der Waals surface area contributed by atoms with E-state index in [9.17, 15) is 13.6 Å². The number of halogens is 2. The van der Waals surface area contributed by atoms with Gasteiger partial charge < -0.3 is 15.1 Å². The number of pyridine rings is 1. The predicted molar refractivity (Wildman–Crippen MR) is 108 cm³/mol. The summed E-state index contributed by atoms with van der Waals surface area (Å²) in [6, 6.07) is 1.39. The molecule has 0 saturated carbocycles. The highest BCUT2D eigenvalue weighted by Crippen LogP contribution is 2.25. The van der Waals surface area contributed by atoms with Crippen LogP contribution in [0.4, 0.5) is 13.9 Å². The normalized spacial score (nSPS) is 18.8. The van der Waals surface area contributed by atoms with Gasteiger partial charge in [0.05, 0.1) is 24.6 Å². The van der Waals surface area contributed by atoms with Crippen LogP contribution in [0.5, 0.6) is 0 Å². The molecule has 156 valence electrons. The van der Waals surface area contributed by atoms with E-state index < -0.39 is 11.6 Å². The molecule has 2 fully saturated rings. The van der Waals surface area contributed by atoms with Crippen molar-refractivity contribution in [3.8, 4) is 0 Å². The number of anilines is 1. The van der Waals surface area contributed by atoms with Crippen molar-refractivity contribution < 1.29 is 13.6 Å². The van der Waals surface area contributed by atoms with E-state index in [1.807, 2.05) is 4.90 Å². The van der Waals surface area contributed by atoms with Crippen LogP contribution in [0.1, 0.15) is 47.5 Å². The van der Waals surface area contributed by atoms with Crippen LogP contribution in [0.3, 0.4) is 0 Å². The van der Waals surface area contributed by atoms with E-state index in [-0.39, 0.29) is 18.1 Å². The number of carbonyl (C=O) groups is 1. The number of piperidine rings is 2. The van der Waals surface area contributed by atoms with Crippen LogP contribution < -0.4 is 5.32 Å². The van der Waals surface area contributed by atoms with Crippen molar-refractivity contribution in [3.05, 3.63) is 40.7 Å². The number of thiazole rings is 1. The van der Waals surface area contributed by atoms with Gasteiger partial charge in [0.25, 0.3) is 5.91 Å². The molecule has 0 atom stereocenters. The molecule has 2 saturated heterocycles. The summed E-state index contributed by atoms with van der Waals surface area (Å²) in [5, 5.41) is 3.47. The zero-order valence-electron chi connectivity index (χ0n) is 16.2. The molecule has 0 radical (unpaired) electrons. The molecular formula is C20H25F2N5OS. The Morgan fingerprint density at radius 1 is 1.10 bits per heavy atom. The van der Waals surface area contributed by atoms with Crippen LogP contribution in [0.25, 0.3) is 0 Å². The summed E-state index contributed by atoms with van der Waals surface area (Å²) in [5.74, 6) is -1.42. The zero-order valence-corrected chi connectivity index (χ0v) is 17.1. The lowest BCUT2D eigenvalue weighted by Crippen LogP contribution is -2.48. The summed E-state index contributed by atoms with van der Waals surface area (Å²) < 4.78 is 26.6. The fourth-order valence-electron chi connectivity index (χ4n) is 4.06. The smallest absolute Gasteiger partial charge is 0.265 e. The summed E-state index contributed by atoms with van der Waals surface area (Å²) in [6.07, 6.45) is 8.47. The first-order valence-electron chi connectivity index (χ1n) is 10.1. The van der Waals surface area contributed by atoms with Gasteiger partial charge >= 0.3 is 0 Å². The van der Waals surface area contributed by atoms with Gasteiger partial charge in [-0.05, 0) is 38.8 Å². The van der Waals surface area contributed by atoms with E-state index in [0.717, 1.165) is 38.2 Å². The SMILES string of the molecule is O=C(c1cnc(NCc2ncc(F)cc2F)s1)N1CCC(N2CCCCC2)CC1. The third-order valence-electron chi connectivity index (χ3n) is 5.67. The fraction of sp³-hybridized carbons (Fsp3) is 0.550. The van der Waals surface area contributed by atoms with Gasteiger partial charge in [0, 0.05) is 25.2 Å². The van der Waals surface area contributed by atoms with Gasteiger partial charge in [0.2, 0.25) is 0 Å². The quantitative estimate of drug-likeness (QED) is 0.801. The molecule has 0 unspecified atom stereocenters. The van der Waals surface area contributed by atoms with Gasteiger partial charge in [0.15, 0.2) is 5.13 Å². The third-order valence-corrected chi connectivity index (χ3v) is 6.61. The largest absolute Gasteiger partial charge is 0.356 e. The molecule has 6 nitrogen and oxygen atoms in total. The highest BCUT2D eigenvalue weighted by molar-refractivity contribution is 7.17. The topological polar surface area (TPSA) is 61.4 Å². The highest BCUT2D eigenvalue weighted by atomic mass is 32.1. The van der Waals surface area contributed by atoms with Gasteiger partial charge in [-0.15, -0.1) is 0 Å². The minimum Gasteiger partial charge on any atom is -0.356 e. The minimum atomic E-state index is -0.711. The second-order valence-corrected chi connectivity index (χ2v) is 8.62. The van der Waals surface area contributed by atoms with E-state index in [0.29, 0.717) is 16.1 Å². The predicted octanol–water partition coefficient (Wildman–Crippen LogP) is 3.52. The second kappa shape index (κ2) is 9.13. The monoisotopic (exact) mass is 421 g/mol. The van der Waals surface area contributed by atoms with E-state index in [4.69, 9.17) is 0 Å². The van der Waals surface area contributed by atoms with Crippen molar-refractivity contribution in [1.82, 2.24) is 19.8 Å². The molecule has 29 heavy (non-hydrogen) atoms. The molecule has 1 amide bonds. The Bertz CT molecular complexity index is 847. The summed E-state index contributed by atoms with van der Waals surface area (Å²) in [7, 11) is 0. The van der Waals surface area contributed by atoms with Crippen LogP contribution in [0.15, 0.2) is 18.5 Å². The van der Waals surface area contributed by atoms with Gasteiger partial charge in [-0.1, -0.05) is 17.8 Å². The molecule has 2 aliphatic rings. The van der Waals surface area contributed by atoms with Crippen molar-refractivity contribution in [3.63, 3.8) is 0 Å². The Kier molecular flexibility index (Phi) is 6.34. The zero-order chi connectivity index (χ0) is 20.2. The maximum atomic E-state index is 13.7. The van der Waals surface area contributed by atoms with Gasteiger partial charge in [-0.3, -0.25) is 9.78 Å².